The topological polar surface area (TPSA) is 71.5 Å². The van der Waals surface area contributed by atoms with E-state index < -0.39 is 0 Å². The molecule has 3 N–H and O–H groups in total. The summed E-state index contributed by atoms with van der Waals surface area (Å²) < 4.78 is 2.19. The second kappa shape index (κ2) is 5.52. The number of hydrogen-bond acceptors (Lipinski definition) is 5. The van der Waals surface area contributed by atoms with Crippen molar-refractivity contribution in [3.8, 4) is 0 Å². The van der Waals surface area contributed by atoms with Crippen LogP contribution in [0, 0.1) is 0 Å². The van der Waals surface area contributed by atoms with Crippen LogP contribution in [0.3, 0.4) is 0 Å². The van der Waals surface area contributed by atoms with Crippen LogP contribution >= 0.6 is 23.1 Å². The molecule has 0 aliphatic heterocycles. The molecule has 0 bridgehead atoms. The van der Waals surface area contributed by atoms with Crippen molar-refractivity contribution >= 4 is 39.2 Å². The summed E-state index contributed by atoms with van der Waals surface area (Å²) >= 11 is 3.28. The Kier molecular flexibility index (Phi) is 3.58. The lowest BCUT2D eigenvalue weighted by atomic mass is 10.2. The van der Waals surface area contributed by atoms with Gasteiger partial charge in [0.05, 0.1) is 10.2 Å². The SMILES string of the molecule is N/C(=N\O)c1ccc(Sc2nc3ccccc3s2)cc1. The molecule has 0 saturated carbocycles. The molecule has 0 saturated heterocycles. The third-order valence-corrected chi connectivity index (χ3v) is 4.84. The van der Waals surface area contributed by atoms with Crippen molar-refractivity contribution in [1.82, 2.24) is 4.98 Å². The Morgan fingerprint density at radius 1 is 1.15 bits per heavy atom. The van der Waals surface area contributed by atoms with E-state index in [0.717, 1.165) is 14.8 Å². The van der Waals surface area contributed by atoms with Gasteiger partial charge < -0.3 is 10.9 Å². The fourth-order valence-corrected chi connectivity index (χ4v) is 3.79. The molecule has 0 aliphatic carbocycles. The van der Waals surface area contributed by atoms with Crippen LogP contribution in [-0.2, 0) is 0 Å². The van der Waals surface area contributed by atoms with E-state index in [2.05, 4.69) is 16.2 Å². The monoisotopic (exact) mass is 301 g/mol. The van der Waals surface area contributed by atoms with Crippen molar-refractivity contribution < 1.29 is 5.21 Å². The Labute approximate surface area is 124 Å². The van der Waals surface area contributed by atoms with Crippen molar-refractivity contribution in [3.05, 3.63) is 54.1 Å². The number of para-hydroxylation sites is 1. The fraction of sp³-hybridized carbons (Fsp3) is 0. The summed E-state index contributed by atoms with van der Waals surface area (Å²) in [5.74, 6) is 0.113. The highest BCUT2D eigenvalue weighted by Crippen LogP contribution is 2.34. The number of fused-ring (bicyclic) bond motifs is 1. The number of rotatable bonds is 3. The van der Waals surface area contributed by atoms with E-state index in [1.54, 1.807) is 23.1 Å². The predicted molar refractivity (Wildman–Crippen MR) is 82.7 cm³/mol. The molecule has 0 amide bonds. The maximum atomic E-state index is 8.62. The van der Waals surface area contributed by atoms with Gasteiger partial charge in [-0.1, -0.05) is 41.2 Å². The van der Waals surface area contributed by atoms with Crippen LogP contribution in [0.5, 0.6) is 0 Å². The molecule has 0 spiro atoms. The predicted octanol–water partition coefficient (Wildman–Crippen LogP) is 3.54. The van der Waals surface area contributed by atoms with E-state index in [1.165, 1.54) is 4.70 Å². The lowest BCUT2D eigenvalue weighted by molar-refractivity contribution is 0.318. The highest BCUT2D eigenvalue weighted by atomic mass is 32.2. The van der Waals surface area contributed by atoms with Crippen LogP contribution in [-0.4, -0.2) is 16.0 Å². The van der Waals surface area contributed by atoms with Gasteiger partial charge in [-0.3, -0.25) is 0 Å². The third-order valence-electron chi connectivity index (χ3n) is 2.74. The van der Waals surface area contributed by atoms with E-state index in [0.29, 0.717) is 5.56 Å². The Morgan fingerprint density at radius 3 is 2.60 bits per heavy atom. The molecule has 3 aromatic rings. The van der Waals surface area contributed by atoms with Crippen LogP contribution in [0.4, 0.5) is 0 Å². The zero-order valence-electron chi connectivity index (χ0n) is 10.4. The number of hydrogen-bond donors (Lipinski definition) is 2. The fourth-order valence-electron chi connectivity index (χ4n) is 1.75. The minimum Gasteiger partial charge on any atom is -0.409 e. The number of aromatic nitrogens is 1. The summed E-state index contributed by atoms with van der Waals surface area (Å²) in [6.07, 6.45) is 0. The Morgan fingerprint density at radius 2 is 1.90 bits per heavy atom. The van der Waals surface area contributed by atoms with Gasteiger partial charge >= 0.3 is 0 Å². The highest BCUT2D eigenvalue weighted by Gasteiger charge is 2.06. The maximum absolute atomic E-state index is 8.62. The van der Waals surface area contributed by atoms with E-state index in [-0.39, 0.29) is 5.84 Å². The maximum Gasteiger partial charge on any atom is 0.170 e. The molecular formula is C14H11N3OS2. The van der Waals surface area contributed by atoms with Crippen LogP contribution in [0.2, 0.25) is 0 Å². The van der Waals surface area contributed by atoms with Gasteiger partial charge in [-0.15, -0.1) is 11.3 Å². The number of benzene rings is 2. The summed E-state index contributed by atoms with van der Waals surface area (Å²) in [5.41, 5.74) is 7.25. The normalized spacial score (nSPS) is 11.9. The van der Waals surface area contributed by atoms with Gasteiger partial charge in [0, 0.05) is 10.5 Å². The van der Waals surface area contributed by atoms with Crippen molar-refractivity contribution in [2.45, 2.75) is 9.24 Å². The van der Waals surface area contributed by atoms with Crippen LogP contribution < -0.4 is 5.73 Å². The number of amidine groups is 1. The number of nitrogens with two attached hydrogens (primary N) is 1. The lowest BCUT2D eigenvalue weighted by Gasteiger charge is -2.00. The zero-order valence-corrected chi connectivity index (χ0v) is 12.0. The second-order valence-electron chi connectivity index (χ2n) is 4.06. The Bertz CT molecular complexity index is 732. The molecule has 1 aromatic heterocycles. The quantitative estimate of drug-likeness (QED) is 0.336. The van der Waals surface area contributed by atoms with Gasteiger partial charge in [0.2, 0.25) is 0 Å². The number of thiazole rings is 1. The molecule has 20 heavy (non-hydrogen) atoms. The third kappa shape index (κ3) is 2.61. The first-order valence-corrected chi connectivity index (χ1v) is 7.51. The van der Waals surface area contributed by atoms with E-state index >= 15 is 0 Å². The molecule has 4 nitrogen and oxygen atoms in total. The second-order valence-corrected chi connectivity index (χ2v) is 6.41. The molecule has 0 aliphatic rings. The zero-order chi connectivity index (χ0) is 13.9. The van der Waals surface area contributed by atoms with Crippen LogP contribution in [0.15, 0.2) is 62.9 Å². The summed E-state index contributed by atoms with van der Waals surface area (Å²) in [4.78, 5) is 5.64. The largest absolute Gasteiger partial charge is 0.409 e. The molecule has 0 fully saturated rings. The lowest BCUT2D eigenvalue weighted by Crippen LogP contribution is -2.12. The van der Waals surface area contributed by atoms with Gasteiger partial charge in [-0.2, -0.15) is 0 Å². The average molecular weight is 301 g/mol. The summed E-state index contributed by atoms with van der Waals surface area (Å²) in [6.45, 7) is 0. The Hall–Kier alpha value is -2.05. The molecule has 1 heterocycles. The first kappa shape index (κ1) is 13.0. The van der Waals surface area contributed by atoms with Gasteiger partial charge in [0.25, 0.3) is 0 Å². The van der Waals surface area contributed by atoms with E-state index in [9.17, 15) is 0 Å². The standard InChI is InChI=1S/C14H11N3OS2/c15-13(17-18)9-5-7-10(8-6-9)19-14-16-11-3-1-2-4-12(11)20-14/h1-8,18H,(H2,15,17). The molecule has 0 radical (unpaired) electrons. The summed E-state index contributed by atoms with van der Waals surface area (Å²) in [6, 6.07) is 15.6. The van der Waals surface area contributed by atoms with Crippen LogP contribution in [0.1, 0.15) is 5.56 Å². The Balaban J connectivity index is 1.83. The molecule has 6 heteroatoms. The summed E-state index contributed by atoms with van der Waals surface area (Å²) in [5, 5.41) is 11.6. The average Bonchev–Trinajstić information content (AvgIpc) is 2.89. The smallest absolute Gasteiger partial charge is 0.170 e. The molecule has 0 atom stereocenters. The summed E-state index contributed by atoms with van der Waals surface area (Å²) in [7, 11) is 0. The molecule has 0 unspecified atom stereocenters. The van der Waals surface area contributed by atoms with Crippen molar-refractivity contribution in [2.24, 2.45) is 10.9 Å². The molecule has 100 valence electrons. The minimum atomic E-state index is 0.113. The van der Waals surface area contributed by atoms with E-state index in [1.807, 2.05) is 42.5 Å². The van der Waals surface area contributed by atoms with Gasteiger partial charge in [0.1, 0.15) is 0 Å². The molecule has 2 aromatic carbocycles. The van der Waals surface area contributed by atoms with Crippen molar-refractivity contribution in [1.29, 1.82) is 0 Å². The molecule has 3 rings (SSSR count). The highest BCUT2D eigenvalue weighted by molar-refractivity contribution is 8.01. The molecular weight excluding hydrogens is 290 g/mol. The van der Waals surface area contributed by atoms with Gasteiger partial charge in [0.15, 0.2) is 10.2 Å². The van der Waals surface area contributed by atoms with Crippen molar-refractivity contribution in [2.75, 3.05) is 0 Å². The first-order valence-electron chi connectivity index (χ1n) is 5.87. The van der Waals surface area contributed by atoms with Crippen LogP contribution in [0.25, 0.3) is 10.2 Å². The van der Waals surface area contributed by atoms with Gasteiger partial charge in [-0.05, 0) is 24.3 Å². The first-order chi connectivity index (χ1) is 9.76. The van der Waals surface area contributed by atoms with E-state index in [4.69, 9.17) is 10.9 Å². The van der Waals surface area contributed by atoms with Crippen molar-refractivity contribution in [3.63, 3.8) is 0 Å². The van der Waals surface area contributed by atoms with Gasteiger partial charge in [-0.25, -0.2) is 4.98 Å². The minimum absolute atomic E-state index is 0.113. The number of nitrogens with zero attached hydrogens (tertiary/aromatic N) is 2. The number of oxime groups is 1.